The Bertz CT molecular complexity index is 2280. The first-order chi connectivity index (χ1) is 28.0. The molecule has 0 spiro atoms. The number of anilines is 4. The van der Waals surface area contributed by atoms with Crippen molar-refractivity contribution in [2.75, 3.05) is 85.2 Å². The zero-order valence-corrected chi connectivity index (χ0v) is 32.7. The van der Waals surface area contributed by atoms with Crippen molar-refractivity contribution in [2.24, 2.45) is 11.8 Å². The van der Waals surface area contributed by atoms with Crippen LogP contribution in [0.1, 0.15) is 54.5 Å². The second kappa shape index (κ2) is 16.6. The van der Waals surface area contributed by atoms with Crippen LogP contribution >= 0.6 is 0 Å². The van der Waals surface area contributed by atoms with Gasteiger partial charge in [0.1, 0.15) is 11.6 Å². The van der Waals surface area contributed by atoms with Gasteiger partial charge >= 0.3 is 0 Å². The molecule has 6 aromatic rings. The molecule has 10 rings (SSSR count). The summed E-state index contributed by atoms with van der Waals surface area (Å²) in [6, 6.07) is 24.9. The van der Waals surface area contributed by atoms with Gasteiger partial charge in [-0.3, -0.25) is 4.98 Å². The van der Waals surface area contributed by atoms with Crippen molar-refractivity contribution in [1.29, 1.82) is 0 Å². The van der Waals surface area contributed by atoms with E-state index in [1.54, 1.807) is 12.4 Å². The van der Waals surface area contributed by atoms with Crippen LogP contribution in [0.5, 0.6) is 0 Å². The van der Waals surface area contributed by atoms with Gasteiger partial charge < -0.3 is 29.8 Å². The molecule has 0 radical (unpaired) electrons. The molecule has 0 atom stereocenters. The van der Waals surface area contributed by atoms with Crippen molar-refractivity contribution in [3.63, 3.8) is 0 Å². The Kier molecular flexibility index (Phi) is 10.8. The third kappa shape index (κ3) is 7.93. The Morgan fingerprint density at radius 1 is 0.526 bits per heavy atom. The summed E-state index contributed by atoms with van der Waals surface area (Å²) in [7, 11) is 0. The first-order valence-corrected chi connectivity index (χ1v) is 20.6. The molecule has 12 nitrogen and oxygen atoms in total. The number of aliphatic hydroxyl groups is 2. The van der Waals surface area contributed by atoms with Crippen molar-refractivity contribution < 1.29 is 10.2 Å². The second-order valence-electron chi connectivity index (χ2n) is 16.2. The average molecular weight is 765 g/mol. The van der Waals surface area contributed by atoms with Crippen molar-refractivity contribution in [1.82, 2.24) is 29.9 Å². The molecule has 294 valence electrons. The Hall–Kier alpha value is -5.46. The number of nitrogens with zero attached hydrogens (tertiary/aromatic N) is 10. The van der Waals surface area contributed by atoms with Crippen LogP contribution in [-0.2, 0) is 0 Å². The summed E-state index contributed by atoms with van der Waals surface area (Å²) in [5, 5.41) is 20.0. The largest absolute Gasteiger partial charge is 0.396 e. The highest BCUT2D eigenvalue weighted by molar-refractivity contribution is 5.80. The number of rotatable bonds is 8. The average Bonchev–Trinajstić information content (AvgIpc) is 3.23. The van der Waals surface area contributed by atoms with E-state index >= 15 is 0 Å². The van der Waals surface area contributed by atoms with Gasteiger partial charge in [0.05, 0.1) is 27.9 Å². The summed E-state index contributed by atoms with van der Waals surface area (Å²) in [6.45, 7) is 10.1. The summed E-state index contributed by atoms with van der Waals surface area (Å²) in [6.07, 6.45) is 9.56. The first-order valence-electron chi connectivity index (χ1n) is 20.6. The second-order valence-corrected chi connectivity index (χ2v) is 16.2. The molecule has 2 aromatic carbocycles. The number of aryl methyl sites for hydroxylation is 1. The molecule has 8 heterocycles. The Morgan fingerprint density at radius 3 is 1.74 bits per heavy atom. The van der Waals surface area contributed by atoms with Crippen LogP contribution < -0.4 is 19.6 Å². The number of benzene rings is 2. The zero-order chi connectivity index (χ0) is 38.7. The van der Waals surface area contributed by atoms with Gasteiger partial charge in [0.2, 0.25) is 0 Å². The van der Waals surface area contributed by atoms with E-state index in [1.165, 1.54) is 10.9 Å². The van der Waals surface area contributed by atoms with E-state index in [2.05, 4.69) is 83.9 Å². The molecular weight excluding hydrogens is 713 g/mol. The van der Waals surface area contributed by atoms with Gasteiger partial charge in [0.15, 0.2) is 11.6 Å². The van der Waals surface area contributed by atoms with E-state index in [0.29, 0.717) is 30.3 Å². The molecule has 4 saturated heterocycles. The predicted octanol–water partition coefficient (Wildman–Crippen LogP) is 5.98. The van der Waals surface area contributed by atoms with Gasteiger partial charge in [-0.25, -0.2) is 24.9 Å². The Balaban J connectivity index is 0.000000153. The molecule has 4 aliphatic heterocycles. The monoisotopic (exact) mass is 764 g/mol. The molecule has 2 N–H and O–H groups in total. The maximum absolute atomic E-state index is 9.52. The number of hydrogen-bond acceptors (Lipinski definition) is 12. The highest BCUT2D eigenvalue weighted by atomic mass is 16.3. The van der Waals surface area contributed by atoms with Crippen molar-refractivity contribution in [3.8, 4) is 0 Å². The van der Waals surface area contributed by atoms with Crippen LogP contribution in [0, 0.1) is 18.8 Å². The molecule has 0 bridgehead atoms. The van der Waals surface area contributed by atoms with E-state index in [9.17, 15) is 10.2 Å². The number of piperidine rings is 2. The van der Waals surface area contributed by atoms with E-state index in [-0.39, 0.29) is 6.61 Å². The third-order valence-electron chi connectivity index (χ3n) is 12.3. The number of pyridine rings is 2. The minimum atomic E-state index is 0.278. The van der Waals surface area contributed by atoms with E-state index in [1.807, 2.05) is 36.5 Å². The van der Waals surface area contributed by atoms with Gasteiger partial charge in [-0.05, 0) is 86.4 Å². The summed E-state index contributed by atoms with van der Waals surface area (Å²) < 4.78 is 0. The number of para-hydroxylation sites is 3. The normalized spacial score (nSPS) is 18.4. The minimum Gasteiger partial charge on any atom is -0.396 e. The highest BCUT2D eigenvalue weighted by Gasteiger charge is 2.36. The molecular formula is C45H52N10O2. The molecule has 4 aromatic heterocycles. The Labute approximate surface area is 334 Å². The quantitative estimate of drug-likeness (QED) is 0.189. The number of hydrogen-bond donors (Lipinski definition) is 2. The van der Waals surface area contributed by atoms with Crippen LogP contribution in [0.2, 0.25) is 0 Å². The number of aromatic nitrogens is 6. The van der Waals surface area contributed by atoms with Crippen LogP contribution in [-0.4, -0.2) is 106 Å². The standard InChI is InChI=1S/C26H27N5O.C19H25N5O/c32-17-18-11-13-30(14-12-18)26-25(28-22-7-3-4-8-23(22)29-26)20-15-31(16-20)24-10-9-19-5-1-2-6-21(19)27-24;1-14-2-3-17(22-10-14)24-11-16(12-24)18-19(21-7-6-20-18)23-8-4-15(13-25)5-9-23/h1-10,18,20,32H,11-17H2;2-3,6-7,10,15-16,25H,4-5,8-9,11-13H2,1H3. The smallest absolute Gasteiger partial charge is 0.151 e. The molecule has 0 amide bonds. The summed E-state index contributed by atoms with van der Waals surface area (Å²) in [5.74, 6) is 5.70. The fourth-order valence-corrected chi connectivity index (χ4v) is 8.59. The lowest BCUT2D eigenvalue weighted by Gasteiger charge is -2.42. The molecule has 0 aliphatic carbocycles. The van der Waals surface area contributed by atoms with Crippen molar-refractivity contribution in [3.05, 3.63) is 108 Å². The van der Waals surface area contributed by atoms with Crippen LogP contribution in [0.3, 0.4) is 0 Å². The lowest BCUT2D eigenvalue weighted by atomic mass is 9.93. The van der Waals surface area contributed by atoms with Crippen LogP contribution in [0.4, 0.5) is 23.3 Å². The minimum absolute atomic E-state index is 0.278. The zero-order valence-electron chi connectivity index (χ0n) is 32.7. The molecule has 12 heteroatoms. The van der Waals surface area contributed by atoms with Gasteiger partial charge in [-0.2, -0.15) is 0 Å². The SMILES string of the molecule is Cc1ccc(N2CC(c3nccnc3N3CCC(CO)CC3)C2)nc1.OCC1CCN(c2nc3ccccc3nc2C2CN(c3ccc4ccccc4n3)C2)CC1. The maximum atomic E-state index is 9.52. The fourth-order valence-electron chi connectivity index (χ4n) is 8.59. The van der Waals surface area contributed by atoms with Crippen LogP contribution in [0.25, 0.3) is 21.9 Å². The van der Waals surface area contributed by atoms with Gasteiger partial charge in [0.25, 0.3) is 0 Å². The predicted molar refractivity (Wildman–Crippen MR) is 226 cm³/mol. The highest BCUT2D eigenvalue weighted by Crippen LogP contribution is 2.38. The molecule has 57 heavy (non-hydrogen) atoms. The van der Waals surface area contributed by atoms with Gasteiger partial charge in [-0.1, -0.05) is 36.4 Å². The Morgan fingerprint density at radius 2 is 1.09 bits per heavy atom. The molecule has 4 aliphatic rings. The van der Waals surface area contributed by atoms with E-state index in [0.717, 1.165) is 129 Å². The molecule has 4 fully saturated rings. The summed E-state index contributed by atoms with van der Waals surface area (Å²) >= 11 is 0. The summed E-state index contributed by atoms with van der Waals surface area (Å²) in [4.78, 5) is 38.1. The lowest BCUT2D eigenvalue weighted by molar-refractivity contribution is 0.202. The van der Waals surface area contributed by atoms with E-state index < -0.39 is 0 Å². The van der Waals surface area contributed by atoms with Gasteiger partial charge in [0, 0.05) is 101 Å². The topological polar surface area (TPSA) is 131 Å². The van der Waals surface area contributed by atoms with Crippen molar-refractivity contribution in [2.45, 2.75) is 44.4 Å². The maximum Gasteiger partial charge on any atom is 0.151 e. The first kappa shape index (κ1) is 37.1. The summed E-state index contributed by atoms with van der Waals surface area (Å²) in [5.41, 5.74) is 6.33. The van der Waals surface area contributed by atoms with Gasteiger partial charge in [-0.15, -0.1) is 0 Å². The number of aliphatic hydroxyl groups excluding tert-OH is 2. The fraction of sp³-hybridized carbons (Fsp3) is 0.422. The molecule has 0 saturated carbocycles. The van der Waals surface area contributed by atoms with Crippen LogP contribution in [0.15, 0.2) is 91.4 Å². The molecule has 0 unspecified atom stereocenters. The number of fused-ring (bicyclic) bond motifs is 2. The van der Waals surface area contributed by atoms with Crippen molar-refractivity contribution >= 4 is 45.2 Å². The van der Waals surface area contributed by atoms with E-state index in [4.69, 9.17) is 15.0 Å². The lowest BCUT2D eigenvalue weighted by Crippen LogP contribution is -2.47. The third-order valence-corrected chi connectivity index (χ3v) is 12.3.